The van der Waals surface area contributed by atoms with Crippen molar-refractivity contribution >= 4 is 28.7 Å². The number of nitrogen functional groups attached to an aromatic ring is 1. The van der Waals surface area contributed by atoms with Crippen molar-refractivity contribution in [2.45, 2.75) is 13.0 Å². The first kappa shape index (κ1) is 21.5. The van der Waals surface area contributed by atoms with Crippen LogP contribution in [0.5, 0.6) is 0 Å². The average Bonchev–Trinajstić information content (AvgIpc) is 2.86. The van der Waals surface area contributed by atoms with Crippen LogP contribution < -0.4 is 20.4 Å². The molecule has 2 atom stereocenters. The lowest BCUT2D eigenvalue weighted by Gasteiger charge is -2.46. The molecule has 1 fully saturated rings. The Labute approximate surface area is 195 Å². The average molecular weight is 443 g/mol. The lowest BCUT2D eigenvalue weighted by Crippen LogP contribution is -2.61. The molecule has 6 heteroatoms. The van der Waals surface area contributed by atoms with Crippen LogP contribution in [0.3, 0.4) is 0 Å². The molecule has 3 aromatic carbocycles. The number of quaternary nitrogens is 1. The number of nitrogens with one attached hydrogen (secondary N) is 1. The molecule has 0 aromatic heterocycles. The first-order valence-electron chi connectivity index (χ1n) is 11.7. The zero-order valence-corrected chi connectivity index (χ0v) is 19.2. The molecule has 1 saturated heterocycles. The van der Waals surface area contributed by atoms with Crippen LogP contribution in [0.4, 0.5) is 22.7 Å². The predicted molar refractivity (Wildman–Crippen MR) is 136 cm³/mol. The molecule has 2 aliphatic rings. The van der Waals surface area contributed by atoms with Crippen molar-refractivity contribution in [2.75, 3.05) is 50.0 Å². The third-order valence-electron chi connectivity index (χ3n) is 7.12. The maximum absolute atomic E-state index is 12.6. The number of carbonyl (C=O) groups is 1. The van der Waals surface area contributed by atoms with E-state index >= 15 is 0 Å². The Morgan fingerprint density at radius 1 is 0.939 bits per heavy atom. The Morgan fingerprint density at radius 3 is 2.42 bits per heavy atom. The molecule has 5 rings (SSSR count). The molecule has 0 aliphatic carbocycles. The second-order valence-electron chi connectivity index (χ2n) is 9.13. The minimum Gasteiger partial charge on any atom is -0.399 e. The second-order valence-corrected chi connectivity index (χ2v) is 9.13. The zero-order valence-electron chi connectivity index (χ0n) is 19.2. The topological polar surface area (TPSA) is 61.6 Å². The molecule has 3 aromatic rings. The molecule has 0 spiro atoms. The summed E-state index contributed by atoms with van der Waals surface area (Å²) in [6, 6.07) is 27.1. The molecule has 2 heterocycles. The van der Waals surface area contributed by atoms with Crippen LogP contribution in [0, 0.1) is 0 Å². The molecule has 1 amide bonds. The van der Waals surface area contributed by atoms with Gasteiger partial charge in [0, 0.05) is 43.6 Å². The summed E-state index contributed by atoms with van der Waals surface area (Å²) in [7, 11) is 0. The number of benzene rings is 3. The zero-order chi connectivity index (χ0) is 22.8. The van der Waals surface area contributed by atoms with Gasteiger partial charge in [-0.15, -0.1) is 0 Å². The molecule has 6 nitrogen and oxygen atoms in total. The number of carbonyl (C=O) groups excluding carboxylic acids is 1. The summed E-state index contributed by atoms with van der Waals surface area (Å²) in [4.78, 5) is 17.6. The van der Waals surface area contributed by atoms with Crippen molar-refractivity contribution in [2.24, 2.45) is 0 Å². The highest BCUT2D eigenvalue weighted by Gasteiger charge is 2.43. The normalized spacial score (nSPS) is 21.8. The highest BCUT2D eigenvalue weighted by molar-refractivity contribution is 6.01. The Hall–Kier alpha value is -3.35. The highest BCUT2D eigenvalue weighted by Crippen LogP contribution is 2.39. The molecule has 33 heavy (non-hydrogen) atoms. The van der Waals surface area contributed by atoms with E-state index in [1.54, 1.807) is 0 Å². The molecular weight excluding hydrogens is 410 g/mol. The summed E-state index contributed by atoms with van der Waals surface area (Å²) < 4.78 is 0.624. The van der Waals surface area contributed by atoms with Crippen molar-refractivity contribution < 1.29 is 4.79 Å². The van der Waals surface area contributed by atoms with E-state index in [9.17, 15) is 4.79 Å². The number of para-hydroxylation sites is 2. The van der Waals surface area contributed by atoms with Crippen LogP contribution in [0.15, 0.2) is 78.9 Å². The minimum atomic E-state index is 0.0127. The van der Waals surface area contributed by atoms with E-state index in [-0.39, 0.29) is 5.91 Å². The fourth-order valence-electron chi connectivity index (χ4n) is 5.35. The summed E-state index contributed by atoms with van der Waals surface area (Å²) >= 11 is 0. The summed E-state index contributed by atoms with van der Waals surface area (Å²) in [5.74, 6) is 0.0127. The van der Waals surface area contributed by atoms with E-state index < -0.39 is 0 Å². The third kappa shape index (κ3) is 4.08. The van der Waals surface area contributed by atoms with Crippen molar-refractivity contribution in [3.8, 4) is 0 Å². The Bertz CT molecular complexity index is 1130. The molecular formula is C27H32N5O+. The van der Waals surface area contributed by atoms with Gasteiger partial charge in [-0.25, -0.2) is 4.48 Å². The molecule has 0 bridgehead atoms. The molecule has 170 valence electrons. The molecule has 0 radical (unpaired) electrons. The smallest absolute Gasteiger partial charge is 0.261 e. The van der Waals surface area contributed by atoms with Crippen LogP contribution in [-0.4, -0.2) is 56.2 Å². The predicted octanol–water partition coefficient (Wildman–Crippen LogP) is 3.82. The van der Waals surface area contributed by atoms with Crippen molar-refractivity contribution in [3.63, 3.8) is 0 Å². The fourth-order valence-corrected chi connectivity index (χ4v) is 5.35. The lowest BCUT2D eigenvalue weighted by molar-refractivity contribution is 0.0900. The van der Waals surface area contributed by atoms with Crippen LogP contribution in [0.2, 0.25) is 0 Å². The maximum atomic E-state index is 12.6. The quantitative estimate of drug-likeness (QED) is 0.466. The number of fused-ring (bicyclic) bond motifs is 1. The van der Waals surface area contributed by atoms with Crippen molar-refractivity contribution in [1.82, 2.24) is 14.7 Å². The number of hydrogen-bond acceptors (Lipinski definition) is 4. The van der Waals surface area contributed by atoms with Gasteiger partial charge in [0.15, 0.2) is 12.4 Å². The van der Waals surface area contributed by atoms with Gasteiger partial charge in [0.1, 0.15) is 17.8 Å². The van der Waals surface area contributed by atoms with E-state index in [2.05, 4.69) is 64.5 Å². The summed E-state index contributed by atoms with van der Waals surface area (Å²) in [5, 5.41) is 3.16. The van der Waals surface area contributed by atoms with E-state index in [0.29, 0.717) is 17.2 Å². The first-order valence-corrected chi connectivity index (χ1v) is 11.7. The number of anilines is 2. The van der Waals surface area contributed by atoms with Crippen molar-refractivity contribution in [1.29, 1.82) is 0 Å². The van der Waals surface area contributed by atoms with Crippen LogP contribution in [-0.2, 0) is 0 Å². The van der Waals surface area contributed by atoms with E-state index in [1.165, 1.54) is 11.4 Å². The van der Waals surface area contributed by atoms with Gasteiger partial charge in [-0.1, -0.05) is 36.4 Å². The highest BCUT2D eigenvalue weighted by atomic mass is 16.2. The van der Waals surface area contributed by atoms with Crippen LogP contribution in [0.1, 0.15) is 17.3 Å². The van der Waals surface area contributed by atoms with Crippen molar-refractivity contribution in [3.05, 3.63) is 84.4 Å². The number of nitrogens with two attached hydrogens (primary N) is 1. The van der Waals surface area contributed by atoms with E-state index in [4.69, 9.17) is 5.73 Å². The molecule has 0 saturated carbocycles. The van der Waals surface area contributed by atoms with Gasteiger partial charge < -0.3 is 16.0 Å². The summed E-state index contributed by atoms with van der Waals surface area (Å²) in [5.41, 5.74) is 11.1. The number of hydrogen-bond donors (Lipinski definition) is 2. The van der Waals surface area contributed by atoms with Gasteiger partial charge in [0.05, 0.1) is 6.04 Å². The third-order valence-corrected chi connectivity index (χ3v) is 7.12. The maximum Gasteiger partial charge on any atom is 0.261 e. The van der Waals surface area contributed by atoms with Gasteiger partial charge in [-0.05, 0) is 43.3 Å². The lowest BCUT2D eigenvalue weighted by atomic mass is 10.0. The monoisotopic (exact) mass is 442 g/mol. The van der Waals surface area contributed by atoms with E-state index in [1.807, 2.05) is 36.4 Å². The minimum absolute atomic E-state index is 0.0127. The van der Waals surface area contributed by atoms with E-state index in [0.717, 1.165) is 49.7 Å². The summed E-state index contributed by atoms with van der Waals surface area (Å²) in [6.07, 6.45) is 0. The van der Waals surface area contributed by atoms with Gasteiger partial charge in [0.25, 0.3) is 5.91 Å². The van der Waals surface area contributed by atoms with Gasteiger partial charge in [0.2, 0.25) is 0 Å². The Kier molecular flexibility index (Phi) is 5.79. The number of amides is 1. The van der Waals surface area contributed by atoms with Gasteiger partial charge in [-0.2, -0.15) is 0 Å². The number of nitrogens with zero attached hydrogens (tertiary/aromatic N) is 3. The SMILES string of the molecule is CC(C[N+]1(c2ccccc2)CNC(=O)c2ccccc21)N1CCN(c2cccc(N)c2)CC1. The van der Waals surface area contributed by atoms with Crippen LogP contribution in [0.25, 0.3) is 0 Å². The molecule has 2 aliphatic heterocycles. The van der Waals surface area contributed by atoms with Gasteiger partial charge >= 0.3 is 0 Å². The number of rotatable bonds is 5. The van der Waals surface area contributed by atoms with Gasteiger partial charge in [-0.3, -0.25) is 9.69 Å². The Morgan fingerprint density at radius 2 is 1.67 bits per heavy atom. The Balaban J connectivity index is 1.39. The molecule has 2 unspecified atom stereocenters. The molecule has 3 N–H and O–H groups in total. The largest absolute Gasteiger partial charge is 0.399 e. The van der Waals surface area contributed by atoms with Crippen LogP contribution >= 0.6 is 0 Å². The first-order chi connectivity index (χ1) is 16.1. The number of piperazine rings is 1. The summed E-state index contributed by atoms with van der Waals surface area (Å²) in [6.45, 7) is 7.72. The second kappa shape index (κ2) is 8.89. The fraction of sp³-hybridized carbons (Fsp3) is 0.296. The standard InChI is InChI=1S/C27H31N5O/c1-21(30-14-16-31(17-15-30)23-9-7-8-22(28)18-23)19-32(24-10-3-2-4-11-24)20-29-27(33)25-12-5-6-13-26(25)32/h2-13,18,21H,14-17,19-20,28H2,1H3/p+1.